The van der Waals surface area contributed by atoms with Crippen molar-refractivity contribution in [1.82, 2.24) is 0 Å². The smallest absolute Gasteiger partial charge is 0.399 e. The minimum atomic E-state index is -0.295. The standard InChI is InChI=1S/C18H27BO2/c1-6-7-9-14-16(15-12-10-8-11-13-15)19-20-17(2,3)18(4,5)21-19/h8,10-14H,6-7,9H2,1-5H3/b16-14+. The van der Waals surface area contributed by atoms with Gasteiger partial charge in [-0.25, -0.2) is 0 Å². The highest BCUT2D eigenvalue weighted by Gasteiger charge is 2.52. The molecule has 1 aliphatic rings. The second kappa shape index (κ2) is 6.37. The predicted molar refractivity (Wildman–Crippen MR) is 90.0 cm³/mol. The third-order valence-electron chi connectivity index (χ3n) is 4.54. The molecule has 1 fully saturated rings. The minimum Gasteiger partial charge on any atom is -0.399 e. The van der Waals surface area contributed by atoms with Crippen LogP contribution in [0, 0.1) is 0 Å². The van der Waals surface area contributed by atoms with E-state index in [1.807, 2.05) is 6.07 Å². The van der Waals surface area contributed by atoms with Crippen molar-refractivity contribution in [1.29, 1.82) is 0 Å². The number of hydrogen-bond acceptors (Lipinski definition) is 2. The first-order valence-electron chi connectivity index (χ1n) is 7.98. The number of benzene rings is 1. The molecule has 1 saturated heterocycles. The van der Waals surface area contributed by atoms with Crippen LogP contribution in [0.3, 0.4) is 0 Å². The van der Waals surface area contributed by atoms with Crippen LogP contribution in [-0.2, 0) is 9.31 Å². The highest BCUT2D eigenvalue weighted by Crippen LogP contribution is 2.40. The van der Waals surface area contributed by atoms with E-state index in [4.69, 9.17) is 9.31 Å². The summed E-state index contributed by atoms with van der Waals surface area (Å²) in [6, 6.07) is 10.4. The highest BCUT2D eigenvalue weighted by atomic mass is 16.7. The van der Waals surface area contributed by atoms with E-state index in [1.54, 1.807) is 0 Å². The lowest BCUT2D eigenvalue weighted by molar-refractivity contribution is 0.00578. The molecule has 0 unspecified atom stereocenters. The molecule has 2 nitrogen and oxygen atoms in total. The average Bonchev–Trinajstić information content (AvgIpc) is 2.64. The Morgan fingerprint density at radius 1 is 1.05 bits per heavy atom. The first-order valence-corrected chi connectivity index (χ1v) is 7.98. The second-order valence-corrected chi connectivity index (χ2v) is 6.76. The molecule has 3 heteroatoms. The first kappa shape index (κ1) is 16.3. The molecular formula is C18H27BO2. The minimum absolute atomic E-state index is 0.283. The van der Waals surface area contributed by atoms with Crippen LogP contribution in [0.4, 0.5) is 0 Å². The molecule has 0 N–H and O–H groups in total. The van der Waals surface area contributed by atoms with Crippen LogP contribution in [-0.4, -0.2) is 18.3 Å². The second-order valence-electron chi connectivity index (χ2n) is 6.76. The molecule has 1 aromatic rings. The Kier molecular flexibility index (Phi) is 4.95. The summed E-state index contributed by atoms with van der Waals surface area (Å²) in [6.07, 6.45) is 5.73. The predicted octanol–water partition coefficient (Wildman–Crippen LogP) is 4.89. The number of hydrogen-bond donors (Lipinski definition) is 0. The van der Waals surface area contributed by atoms with Crippen molar-refractivity contribution in [2.75, 3.05) is 0 Å². The van der Waals surface area contributed by atoms with E-state index < -0.39 is 0 Å². The van der Waals surface area contributed by atoms with Crippen molar-refractivity contribution in [3.63, 3.8) is 0 Å². The largest absolute Gasteiger partial charge is 0.495 e. The number of unbranched alkanes of at least 4 members (excludes halogenated alkanes) is 2. The third-order valence-corrected chi connectivity index (χ3v) is 4.54. The van der Waals surface area contributed by atoms with Crippen LogP contribution in [0.25, 0.3) is 5.47 Å². The maximum absolute atomic E-state index is 6.22. The summed E-state index contributed by atoms with van der Waals surface area (Å²) in [7, 11) is -0.283. The van der Waals surface area contributed by atoms with Crippen molar-refractivity contribution in [3.05, 3.63) is 42.0 Å². The summed E-state index contributed by atoms with van der Waals surface area (Å²) in [4.78, 5) is 0. The van der Waals surface area contributed by atoms with Crippen LogP contribution >= 0.6 is 0 Å². The van der Waals surface area contributed by atoms with Gasteiger partial charge >= 0.3 is 7.12 Å². The lowest BCUT2D eigenvalue weighted by Crippen LogP contribution is -2.41. The summed E-state index contributed by atoms with van der Waals surface area (Å²) < 4.78 is 12.4. The normalized spacial score (nSPS) is 20.8. The van der Waals surface area contributed by atoms with Crippen LogP contribution in [0.15, 0.2) is 36.4 Å². The van der Waals surface area contributed by atoms with Gasteiger partial charge in [-0.1, -0.05) is 56.2 Å². The number of allylic oxidation sites excluding steroid dienone is 1. The van der Waals surface area contributed by atoms with Crippen LogP contribution < -0.4 is 0 Å². The molecule has 2 rings (SSSR count). The molecule has 21 heavy (non-hydrogen) atoms. The van der Waals surface area contributed by atoms with Crippen molar-refractivity contribution < 1.29 is 9.31 Å². The molecule has 114 valence electrons. The molecule has 0 atom stereocenters. The summed E-state index contributed by atoms with van der Waals surface area (Å²) in [5.41, 5.74) is 1.75. The molecule has 0 bridgehead atoms. The number of rotatable bonds is 5. The van der Waals surface area contributed by atoms with Gasteiger partial charge in [0, 0.05) is 0 Å². The van der Waals surface area contributed by atoms with E-state index in [0.29, 0.717) is 0 Å². The SMILES string of the molecule is CCCC/C=C(/B1OC(C)(C)C(C)(C)O1)c1ccccc1. The molecule has 1 aliphatic heterocycles. The average molecular weight is 286 g/mol. The van der Waals surface area contributed by atoms with E-state index >= 15 is 0 Å². The molecule has 0 saturated carbocycles. The zero-order valence-corrected chi connectivity index (χ0v) is 14.0. The van der Waals surface area contributed by atoms with E-state index in [2.05, 4.69) is 65.0 Å². The summed E-state index contributed by atoms with van der Waals surface area (Å²) in [5.74, 6) is 0. The van der Waals surface area contributed by atoms with Crippen molar-refractivity contribution >= 4 is 12.6 Å². The Bertz CT molecular complexity index is 475. The van der Waals surface area contributed by atoms with E-state index in [9.17, 15) is 0 Å². The van der Waals surface area contributed by atoms with E-state index in [1.165, 1.54) is 18.4 Å². The molecule has 0 aliphatic carbocycles. The molecule has 1 aromatic carbocycles. The molecular weight excluding hydrogens is 259 g/mol. The van der Waals surface area contributed by atoms with Gasteiger partial charge in [-0.05, 0) is 45.2 Å². The summed E-state index contributed by atoms with van der Waals surface area (Å²) in [5, 5.41) is 0. The van der Waals surface area contributed by atoms with E-state index in [-0.39, 0.29) is 18.3 Å². The molecule has 0 spiro atoms. The highest BCUT2D eigenvalue weighted by molar-refractivity contribution is 6.68. The van der Waals surface area contributed by atoms with Gasteiger partial charge in [-0.3, -0.25) is 0 Å². The summed E-state index contributed by atoms with van der Waals surface area (Å²) in [6.45, 7) is 10.6. The van der Waals surface area contributed by atoms with Gasteiger partial charge in [0.2, 0.25) is 0 Å². The van der Waals surface area contributed by atoms with Crippen LogP contribution in [0.1, 0.15) is 59.4 Å². The summed E-state index contributed by atoms with van der Waals surface area (Å²) >= 11 is 0. The van der Waals surface area contributed by atoms with Gasteiger partial charge in [-0.15, -0.1) is 0 Å². The van der Waals surface area contributed by atoms with Crippen LogP contribution in [0.5, 0.6) is 0 Å². The Morgan fingerprint density at radius 2 is 1.62 bits per heavy atom. The Hall–Kier alpha value is -1.06. The Labute approximate surface area is 129 Å². The fraction of sp³-hybridized carbons (Fsp3) is 0.556. The van der Waals surface area contributed by atoms with Gasteiger partial charge in [0.05, 0.1) is 11.2 Å². The Morgan fingerprint density at radius 3 is 2.14 bits per heavy atom. The van der Waals surface area contributed by atoms with Gasteiger partial charge < -0.3 is 9.31 Å². The molecule has 0 amide bonds. The van der Waals surface area contributed by atoms with Crippen molar-refractivity contribution in [2.24, 2.45) is 0 Å². The fourth-order valence-corrected chi connectivity index (χ4v) is 2.41. The van der Waals surface area contributed by atoms with Crippen LogP contribution in [0.2, 0.25) is 0 Å². The van der Waals surface area contributed by atoms with Gasteiger partial charge in [0.1, 0.15) is 0 Å². The zero-order valence-electron chi connectivity index (χ0n) is 14.0. The van der Waals surface area contributed by atoms with Gasteiger partial charge in [0.25, 0.3) is 0 Å². The maximum atomic E-state index is 6.22. The lowest BCUT2D eigenvalue weighted by Gasteiger charge is -2.32. The Balaban J connectivity index is 2.28. The third kappa shape index (κ3) is 3.59. The maximum Gasteiger partial charge on any atom is 0.495 e. The van der Waals surface area contributed by atoms with E-state index in [0.717, 1.165) is 11.9 Å². The molecule has 0 aromatic heterocycles. The van der Waals surface area contributed by atoms with Crippen molar-refractivity contribution in [3.8, 4) is 0 Å². The van der Waals surface area contributed by atoms with Gasteiger partial charge in [0.15, 0.2) is 0 Å². The quantitative estimate of drug-likeness (QED) is 0.566. The first-order chi connectivity index (χ1) is 9.87. The monoisotopic (exact) mass is 286 g/mol. The lowest BCUT2D eigenvalue weighted by atomic mass is 9.73. The zero-order chi connectivity index (χ0) is 15.5. The topological polar surface area (TPSA) is 18.5 Å². The molecule has 1 heterocycles. The van der Waals surface area contributed by atoms with Crippen molar-refractivity contribution in [2.45, 2.75) is 65.1 Å². The fourth-order valence-electron chi connectivity index (χ4n) is 2.41. The van der Waals surface area contributed by atoms with Gasteiger partial charge in [-0.2, -0.15) is 0 Å². The molecule has 0 radical (unpaired) electrons.